The zero-order chi connectivity index (χ0) is 19.9. The number of hydrogen-bond donors (Lipinski definition) is 2. The Balaban J connectivity index is 2.27. The van der Waals surface area contributed by atoms with Crippen molar-refractivity contribution < 1.29 is 14.3 Å². The number of benzene rings is 1. The van der Waals surface area contributed by atoms with Crippen LogP contribution in [-0.2, 0) is 6.54 Å². The largest absolute Gasteiger partial charge is 0.497 e. The number of rotatable bonds is 3. The number of urea groups is 1. The van der Waals surface area contributed by atoms with Crippen LogP contribution < -0.4 is 16.2 Å². The molecule has 3 rings (SSSR count). The summed E-state index contributed by atoms with van der Waals surface area (Å²) >= 11 is 0. The van der Waals surface area contributed by atoms with Crippen LogP contribution in [0.5, 0.6) is 5.75 Å². The van der Waals surface area contributed by atoms with Gasteiger partial charge >= 0.3 is 6.03 Å². The number of fused-ring (bicyclic) bond motifs is 1. The maximum absolute atomic E-state index is 12.4. The molecule has 1 atom stereocenters. The lowest BCUT2D eigenvalue weighted by atomic mass is 9.81. The van der Waals surface area contributed by atoms with Crippen molar-refractivity contribution in [1.29, 1.82) is 0 Å². The zero-order valence-electron chi connectivity index (χ0n) is 16.0. The molecule has 2 heterocycles. The molecule has 144 valence electrons. The van der Waals surface area contributed by atoms with Crippen LogP contribution in [-0.4, -0.2) is 40.3 Å². The second kappa shape index (κ2) is 6.61. The number of hydrogen-bond acceptors (Lipinski definition) is 4. The highest BCUT2D eigenvalue weighted by molar-refractivity contribution is 6.00. The van der Waals surface area contributed by atoms with Crippen LogP contribution in [0.15, 0.2) is 24.3 Å². The number of ether oxygens (including phenoxy) is 1. The van der Waals surface area contributed by atoms with Gasteiger partial charge in [-0.3, -0.25) is 9.48 Å². The van der Waals surface area contributed by atoms with Gasteiger partial charge in [-0.15, -0.1) is 0 Å². The van der Waals surface area contributed by atoms with Gasteiger partial charge in [0.05, 0.1) is 31.0 Å². The van der Waals surface area contributed by atoms with Crippen LogP contribution in [0, 0.1) is 5.41 Å². The number of nitrogens with two attached hydrogens (primary N) is 2. The Morgan fingerprint density at radius 3 is 2.48 bits per heavy atom. The molecular formula is C19H25N5O3. The first-order chi connectivity index (χ1) is 12.6. The zero-order valence-corrected chi connectivity index (χ0v) is 16.0. The predicted octanol–water partition coefficient (Wildman–Crippen LogP) is 2.14. The summed E-state index contributed by atoms with van der Waals surface area (Å²) in [6.07, 6.45) is 0. The highest BCUT2D eigenvalue weighted by atomic mass is 16.5. The molecule has 0 bridgehead atoms. The number of carbonyl (C=O) groups excluding carboxylic acids is 2. The maximum Gasteiger partial charge on any atom is 0.315 e. The van der Waals surface area contributed by atoms with E-state index in [0.29, 0.717) is 35.8 Å². The first-order valence-electron chi connectivity index (χ1n) is 8.76. The second-order valence-corrected chi connectivity index (χ2v) is 7.73. The lowest BCUT2D eigenvalue weighted by Crippen LogP contribution is -2.49. The van der Waals surface area contributed by atoms with E-state index in [4.69, 9.17) is 16.2 Å². The Kier molecular flexibility index (Phi) is 4.59. The van der Waals surface area contributed by atoms with E-state index in [0.717, 1.165) is 5.56 Å². The van der Waals surface area contributed by atoms with E-state index in [1.54, 1.807) is 22.8 Å². The van der Waals surface area contributed by atoms with Crippen molar-refractivity contribution in [2.24, 2.45) is 16.9 Å². The van der Waals surface area contributed by atoms with E-state index >= 15 is 0 Å². The van der Waals surface area contributed by atoms with Gasteiger partial charge in [0.2, 0.25) is 0 Å². The Bertz CT molecular complexity index is 897. The van der Waals surface area contributed by atoms with Gasteiger partial charge in [0.1, 0.15) is 11.4 Å². The molecule has 8 nitrogen and oxygen atoms in total. The van der Waals surface area contributed by atoms with Gasteiger partial charge < -0.3 is 21.1 Å². The van der Waals surface area contributed by atoms with Gasteiger partial charge in [-0.05, 0) is 17.5 Å². The number of aromatic nitrogens is 2. The molecule has 1 aliphatic rings. The summed E-state index contributed by atoms with van der Waals surface area (Å²) in [5.74, 6) is 0.0645. The fraction of sp³-hybridized carbons (Fsp3) is 0.421. The van der Waals surface area contributed by atoms with E-state index in [1.165, 1.54) is 0 Å². The van der Waals surface area contributed by atoms with Gasteiger partial charge in [0.15, 0.2) is 0 Å². The third kappa shape index (κ3) is 3.22. The summed E-state index contributed by atoms with van der Waals surface area (Å²) in [7, 11) is 1.58. The van der Waals surface area contributed by atoms with Crippen LogP contribution in [0.4, 0.5) is 4.79 Å². The Morgan fingerprint density at radius 2 is 1.93 bits per heavy atom. The summed E-state index contributed by atoms with van der Waals surface area (Å²) in [5, 5.41) is 4.66. The number of carbonyl (C=O) groups is 2. The van der Waals surface area contributed by atoms with Crippen LogP contribution >= 0.6 is 0 Å². The number of methoxy groups -OCH3 is 1. The molecule has 0 fully saturated rings. The van der Waals surface area contributed by atoms with Crippen molar-refractivity contribution >= 4 is 11.9 Å². The average Bonchev–Trinajstić information content (AvgIpc) is 2.99. The van der Waals surface area contributed by atoms with Gasteiger partial charge in [-0.2, -0.15) is 5.10 Å². The van der Waals surface area contributed by atoms with E-state index in [2.05, 4.69) is 5.10 Å². The lowest BCUT2D eigenvalue weighted by Gasteiger charge is -2.42. The molecule has 0 aliphatic carbocycles. The van der Waals surface area contributed by atoms with Gasteiger partial charge in [-0.1, -0.05) is 32.9 Å². The minimum atomic E-state index is -0.588. The highest BCUT2D eigenvalue weighted by Gasteiger charge is 2.42. The SMILES string of the molecule is COc1cccc(-c2nn3c(c2C(N)=O)C(C(C)(C)C)N(C(N)=O)CC3)c1. The highest BCUT2D eigenvalue weighted by Crippen LogP contribution is 2.43. The first kappa shape index (κ1) is 18.8. The van der Waals surface area contributed by atoms with Gasteiger partial charge in [0.25, 0.3) is 5.91 Å². The molecule has 0 saturated carbocycles. The molecule has 0 radical (unpaired) electrons. The Hall–Kier alpha value is -3.03. The number of amides is 3. The minimum Gasteiger partial charge on any atom is -0.497 e. The molecule has 1 aliphatic heterocycles. The predicted molar refractivity (Wildman–Crippen MR) is 101 cm³/mol. The molecule has 3 amide bonds. The molecule has 1 aromatic carbocycles. The van der Waals surface area contributed by atoms with E-state index in [-0.39, 0.29) is 5.41 Å². The van der Waals surface area contributed by atoms with Crippen molar-refractivity contribution in [3.63, 3.8) is 0 Å². The lowest BCUT2D eigenvalue weighted by molar-refractivity contribution is 0.0899. The molecule has 4 N–H and O–H groups in total. The summed E-state index contributed by atoms with van der Waals surface area (Å²) in [4.78, 5) is 26.1. The van der Waals surface area contributed by atoms with Crippen molar-refractivity contribution in [2.45, 2.75) is 33.4 Å². The quantitative estimate of drug-likeness (QED) is 0.859. The first-order valence-corrected chi connectivity index (χ1v) is 8.76. The Labute approximate surface area is 158 Å². The molecular weight excluding hydrogens is 346 g/mol. The monoisotopic (exact) mass is 371 g/mol. The van der Waals surface area contributed by atoms with Crippen LogP contribution in [0.25, 0.3) is 11.3 Å². The summed E-state index contributed by atoms with van der Waals surface area (Å²) in [6, 6.07) is 6.35. The van der Waals surface area contributed by atoms with Crippen molar-refractivity contribution in [2.75, 3.05) is 13.7 Å². The van der Waals surface area contributed by atoms with E-state index in [9.17, 15) is 9.59 Å². The fourth-order valence-corrected chi connectivity index (χ4v) is 3.73. The normalized spacial score (nSPS) is 16.7. The third-order valence-electron chi connectivity index (χ3n) is 4.81. The fourth-order valence-electron chi connectivity index (χ4n) is 3.73. The smallest absolute Gasteiger partial charge is 0.315 e. The van der Waals surface area contributed by atoms with Crippen LogP contribution in [0.1, 0.15) is 42.9 Å². The van der Waals surface area contributed by atoms with Crippen molar-refractivity contribution in [3.05, 3.63) is 35.5 Å². The molecule has 1 aromatic heterocycles. The summed E-state index contributed by atoms with van der Waals surface area (Å²) < 4.78 is 7.05. The molecule has 0 saturated heterocycles. The second-order valence-electron chi connectivity index (χ2n) is 7.73. The Morgan fingerprint density at radius 1 is 1.22 bits per heavy atom. The van der Waals surface area contributed by atoms with E-state index in [1.807, 2.05) is 39.0 Å². The number of primary amides is 2. The maximum atomic E-state index is 12.4. The topological polar surface area (TPSA) is 116 Å². The molecule has 1 unspecified atom stereocenters. The molecule has 0 spiro atoms. The van der Waals surface area contributed by atoms with Gasteiger partial charge in [-0.25, -0.2) is 4.79 Å². The van der Waals surface area contributed by atoms with Crippen molar-refractivity contribution in [1.82, 2.24) is 14.7 Å². The molecule has 8 heteroatoms. The number of nitrogens with zero attached hydrogens (tertiary/aromatic N) is 3. The van der Waals surface area contributed by atoms with Gasteiger partial charge in [0, 0.05) is 12.1 Å². The molecule has 2 aromatic rings. The van der Waals surface area contributed by atoms with Crippen LogP contribution in [0.3, 0.4) is 0 Å². The molecule has 27 heavy (non-hydrogen) atoms. The standard InChI is InChI=1S/C19H25N5O3/c1-19(2,3)16-15-13(17(20)25)14(11-6-5-7-12(10-11)27-4)22-24(15)9-8-23(16)18(21)26/h5-7,10,16H,8-9H2,1-4H3,(H2,20,25)(H2,21,26). The third-order valence-corrected chi connectivity index (χ3v) is 4.81. The van der Waals surface area contributed by atoms with E-state index < -0.39 is 18.0 Å². The van der Waals surface area contributed by atoms with Crippen LogP contribution in [0.2, 0.25) is 0 Å². The summed E-state index contributed by atoms with van der Waals surface area (Å²) in [5.41, 5.74) is 13.2. The average molecular weight is 371 g/mol. The van der Waals surface area contributed by atoms with Crippen molar-refractivity contribution in [3.8, 4) is 17.0 Å². The summed E-state index contributed by atoms with van der Waals surface area (Å²) in [6.45, 7) is 6.83. The minimum absolute atomic E-state index is 0.314.